The standard InChI is InChI=1S/C18H15Cl2N3O3S/c19-11-3-1-4-12(20)15(11)21-14(24)9-23-16(25)18(22-17(23)26)7-2-5-13-10(18)6-8-27-13/h1,3-4,6,8H,2,5,7,9H2,(H,21,24)(H,22,26). The molecule has 1 unspecified atom stereocenters. The first-order chi connectivity index (χ1) is 12.9. The van der Waals surface area contributed by atoms with Crippen LogP contribution in [0.15, 0.2) is 29.6 Å². The van der Waals surface area contributed by atoms with Crippen LogP contribution in [0.1, 0.15) is 23.3 Å². The van der Waals surface area contributed by atoms with Crippen LogP contribution in [0.3, 0.4) is 0 Å². The summed E-state index contributed by atoms with van der Waals surface area (Å²) in [7, 11) is 0. The molecule has 2 aromatic rings. The molecule has 0 saturated carbocycles. The average molecular weight is 424 g/mol. The van der Waals surface area contributed by atoms with Crippen LogP contribution in [-0.2, 0) is 21.5 Å². The van der Waals surface area contributed by atoms with E-state index in [1.165, 1.54) is 0 Å². The Morgan fingerprint density at radius 3 is 2.74 bits per heavy atom. The molecule has 1 fully saturated rings. The fraction of sp³-hybridized carbons (Fsp3) is 0.278. The average Bonchev–Trinajstić information content (AvgIpc) is 3.19. The summed E-state index contributed by atoms with van der Waals surface area (Å²) in [4.78, 5) is 40.0. The fourth-order valence-electron chi connectivity index (χ4n) is 3.62. The molecule has 4 amide bonds. The minimum atomic E-state index is -1.06. The van der Waals surface area contributed by atoms with Crippen LogP contribution in [0.25, 0.3) is 0 Å². The molecule has 6 nitrogen and oxygen atoms in total. The van der Waals surface area contributed by atoms with Crippen molar-refractivity contribution in [1.82, 2.24) is 10.2 Å². The summed E-state index contributed by atoms with van der Waals surface area (Å²) >= 11 is 13.7. The Balaban J connectivity index is 1.55. The van der Waals surface area contributed by atoms with Gasteiger partial charge in [0.15, 0.2) is 0 Å². The second-order valence-corrected chi connectivity index (χ2v) is 8.30. The maximum atomic E-state index is 13.1. The van der Waals surface area contributed by atoms with E-state index in [1.54, 1.807) is 29.5 Å². The number of urea groups is 1. The van der Waals surface area contributed by atoms with Gasteiger partial charge in [0.1, 0.15) is 12.1 Å². The summed E-state index contributed by atoms with van der Waals surface area (Å²) in [6.45, 7) is -0.409. The van der Waals surface area contributed by atoms with E-state index in [2.05, 4.69) is 10.6 Å². The molecule has 1 aromatic carbocycles. The van der Waals surface area contributed by atoms with Gasteiger partial charge >= 0.3 is 6.03 Å². The number of halogens is 2. The molecule has 9 heteroatoms. The van der Waals surface area contributed by atoms with Crippen LogP contribution >= 0.6 is 34.5 Å². The lowest BCUT2D eigenvalue weighted by molar-refractivity contribution is -0.134. The number of nitrogens with zero attached hydrogens (tertiary/aromatic N) is 1. The lowest BCUT2D eigenvalue weighted by Crippen LogP contribution is -2.46. The third-order valence-corrected chi connectivity index (χ3v) is 6.48. The zero-order valence-corrected chi connectivity index (χ0v) is 16.4. The van der Waals surface area contributed by atoms with Gasteiger partial charge in [-0.2, -0.15) is 0 Å². The molecule has 0 radical (unpaired) electrons. The highest BCUT2D eigenvalue weighted by molar-refractivity contribution is 7.10. The molecule has 1 aliphatic heterocycles. The van der Waals surface area contributed by atoms with Gasteiger partial charge in [-0.1, -0.05) is 29.3 Å². The number of amides is 4. The molecule has 4 rings (SSSR count). The number of imide groups is 1. The van der Waals surface area contributed by atoms with Gasteiger partial charge in [0.05, 0.1) is 15.7 Å². The van der Waals surface area contributed by atoms with Crippen molar-refractivity contribution in [1.29, 1.82) is 0 Å². The van der Waals surface area contributed by atoms with E-state index in [9.17, 15) is 14.4 Å². The zero-order chi connectivity index (χ0) is 19.2. The second kappa shape index (κ2) is 6.82. The number of anilines is 1. The Labute approximate surface area is 169 Å². The Kier molecular flexibility index (Phi) is 4.61. The van der Waals surface area contributed by atoms with E-state index in [4.69, 9.17) is 23.2 Å². The Hall–Kier alpha value is -2.09. The van der Waals surface area contributed by atoms with Gasteiger partial charge in [-0.25, -0.2) is 4.79 Å². The van der Waals surface area contributed by atoms with Crippen molar-refractivity contribution < 1.29 is 14.4 Å². The van der Waals surface area contributed by atoms with E-state index in [0.29, 0.717) is 6.42 Å². The molecule has 1 saturated heterocycles. The van der Waals surface area contributed by atoms with E-state index in [-0.39, 0.29) is 15.7 Å². The number of thiophene rings is 1. The molecular weight excluding hydrogens is 409 g/mol. The van der Waals surface area contributed by atoms with E-state index in [0.717, 1.165) is 28.2 Å². The van der Waals surface area contributed by atoms with Crippen LogP contribution in [-0.4, -0.2) is 29.3 Å². The molecule has 1 spiro atoms. The fourth-order valence-corrected chi connectivity index (χ4v) is 5.12. The molecule has 0 bridgehead atoms. The number of carbonyl (C=O) groups excluding carboxylic acids is 3. The van der Waals surface area contributed by atoms with Gasteiger partial charge in [-0.05, 0) is 42.8 Å². The van der Waals surface area contributed by atoms with Crippen molar-refractivity contribution in [2.45, 2.75) is 24.8 Å². The Bertz CT molecular complexity index is 941. The SMILES string of the molecule is O=C(CN1C(=O)NC2(CCCc3sccc32)C1=O)Nc1c(Cl)cccc1Cl. The van der Waals surface area contributed by atoms with Gasteiger partial charge in [0.25, 0.3) is 5.91 Å². The van der Waals surface area contributed by atoms with Crippen LogP contribution in [0.5, 0.6) is 0 Å². The number of para-hydroxylation sites is 1. The first-order valence-corrected chi connectivity index (χ1v) is 10.0. The number of fused-ring (bicyclic) bond motifs is 2. The van der Waals surface area contributed by atoms with Crippen molar-refractivity contribution in [3.63, 3.8) is 0 Å². The second-order valence-electron chi connectivity index (χ2n) is 6.48. The van der Waals surface area contributed by atoms with Crippen molar-refractivity contribution in [3.05, 3.63) is 50.1 Å². The highest BCUT2D eigenvalue weighted by Gasteiger charge is 2.54. The van der Waals surface area contributed by atoms with Crippen molar-refractivity contribution in [2.24, 2.45) is 0 Å². The summed E-state index contributed by atoms with van der Waals surface area (Å²) in [5.74, 6) is -0.945. The molecule has 2 heterocycles. The quantitative estimate of drug-likeness (QED) is 0.737. The molecule has 1 atom stereocenters. The number of nitrogens with one attached hydrogen (secondary N) is 2. The number of carbonyl (C=O) groups is 3. The molecule has 1 aliphatic carbocycles. The molecule has 1 aromatic heterocycles. The zero-order valence-electron chi connectivity index (χ0n) is 14.1. The molecule has 140 valence electrons. The van der Waals surface area contributed by atoms with Crippen molar-refractivity contribution in [3.8, 4) is 0 Å². The molecule has 2 aliphatic rings. The van der Waals surface area contributed by atoms with Gasteiger partial charge in [0, 0.05) is 10.4 Å². The first kappa shape index (κ1) is 18.3. The first-order valence-electron chi connectivity index (χ1n) is 8.37. The summed E-state index contributed by atoms with van der Waals surface area (Å²) in [6, 6.07) is 6.14. The molecule has 2 N–H and O–H groups in total. The van der Waals surface area contributed by atoms with Gasteiger partial charge in [-0.3, -0.25) is 14.5 Å². The maximum absolute atomic E-state index is 13.1. The smallest absolute Gasteiger partial charge is 0.322 e. The predicted octanol–water partition coefficient (Wildman–Crippen LogP) is 3.78. The number of hydrogen-bond acceptors (Lipinski definition) is 4. The maximum Gasteiger partial charge on any atom is 0.325 e. The topological polar surface area (TPSA) is 78.5 Å². The monoisotopic (exact) mass is 423 g/mol. The minimum Gasteiger partial charge on any atom is -0.322 e. The van der Waals surface area contributed by atoms with E-state index < -0.39 is 29.9 Å². The lowest BCUT2D eigenvalue weighted by Gasteiger charge is -2.31. The predicted molar refractivity (Wildman–Crippen MR) is 104 cm³/mol. The van der Waals surface area contributed by atoms with Crippen LogP contribution in [0, 0.1) is 0 Å². The summed E-state index contributed by atoms with van der Waals surface area (Å²) < 4.78 is 0. The normalized spacial score (nSPS) is 21.3. The molecule has 27 heavy (non-hydrogen) atoms. The highest BCUT2D eigenvalue weighted by atomic mass is 35.5. The van der Waals surface area contributed by atoms with E-state index in [1.807, 2.05) is 11.4 Å². The largest absolute Gasteiger partial charge is 0.325 e. The van der Waals surface area contributed by atoms with Gasteiger partial charge in [-0.15, -0.1) is 11.3 Å². The summed E-state index contributed by atoms with van der Waals surface area (Å²) in [5.41, 5.74) is 0.0343. The molecular formula is C18H15Cl2N3O3S. The summed E-state index contributed by atoms with van der Waals surface area (Å²) in [6.07, 6.45) is 2.22. The van der Waals surface area contributed by atoms with Crippen molar-refractivity contribution >= 4 is 58.1 Å². The number of rotatable bonds is 3. The van der Waals surface area contributed by atoms with Crippen LogP contribution < -0.4 is 10.6 Å². The minimum absolute atomic E-state index is 0.255. The Morgan fingerprint density at radius 1 is 1.26 bits per heavy atom. The van der Waals surface area contributed by atoms with Gasteiger partial charge < -0.3 is 10.6 Å². The Morgan fingerprint density at radius 2 is 2.00 bits per heavy atom. The third-order valence-electron chi connectivity index (χ3n) is 4.87. The summed E-state index contributed by atoms with van der Waals surface area (Å²) in [5, 5.41) is 7.87. The van der Waals surface area contributed by atoms with Crippen LogP contribution in [0.4, 0.5) is 10.5 Å². The lowest BCUT2D eigenvalue weighted by atomic mass is 9.80. The highest BCUT2D eigenvalue weighted by Crippen LogP contribution is 2.42. The third kappa shape index (κ3) is 2.99. The number of hydrogen-bond donors (Lipinski definition) is 2. The van der Waals surface area contributed by atoms with E-state index >= 15 is 0 Å². The van der Waals surface area contributed by atoms with Crippen LogP contribution in [0.2, 0.25) is 10.0 Å². The number of benzene rings is 1. The number of aryl methyl sites for hydroxylation is 1. The van der Waals surface area contributed by atoms with Gasteiger partial charge in [0.2, 0.25) is 5.91 Å². The van der Waals surface area contributed by atoms with Crippen molar-refractivity contribution in [2.75, 3.05) is 11.9 Å².